The monoisotopic (exact) mass is 387 g/mol. The highest BCUT2D eigenvalue weighted by molar-refractivity contribution is 6.03. The maximum Gasteiger partial charge on any atom is 0.276 e. The van der Waals surface area contributed by atoms with Gasteiger partial charge in [-0.05, 0) is 61.1 Å². The molecule has 2 heterocycles. The third kappa shape index (κ3) is 3.68. The number of benzene rings is 2. The molecule has 3 aromatic rings. The number of rotatable bonds is 4. The first-order valence-electron chi connectivity index (χ1n) is 10.4. The number of hydrogen-bond acceptors (Lipinski definition) is 4. The predicted octanol–water partition coefficient (Wildman–Crippen LogP) is 3.47. The number of amides is 1. The molecule has 1 aliphatic heterocycles. The van der Waals surface area contributed by atoms with Crippen LogP contribution < -0.4 is 5.32 Å². The van der Waals surface area contributed by atoms with Crippen molar-refractivity contribution >= 4 is 11.6 Å². The number of aromatic nitrogens is 3. The van der Waals surface area contributed by atoms with Gasteiger partial charge in [0.25, 0.3) is 5.91 Å². The van der Waals surface area contributed by atoms with E-state index in [1.165, 1.54) is 36.6 Å². The van der Waals surface area contributed by atoms with Crippen molar-refractivity contribution in [2.45, 2.75) is 38.1 Å². The van der Waals surface area contributed by atoms with Crippen LogP contribution in [-0.2, 0) is 12.8 Å². The first kappa shape index (κ1) is 18.1. The fourth-order valence-corrected chi connectivity index (χ4v) is 4.28. The van der Waals surface area contributed by atoms with Crippen molar-refractivity contribution in [1.82, 2.24) is 19.9 Å². The molecule has 2 aromatic carbocycles. The van der Waals surface area contributed by atoms with Crippen LogP contribution in [0.2, 0.25) is 0 Å². The van der Waals surface area contributed by atoms with Crippen LogP contribution in [0.3, 0.4) is 0 Å². The van der Waals surface area contributed by atoms with E-state index in [0.29, 0.717) is 5.69 Å². The first-order valence-corrected chi connectivity index (χ1v) is 10.4. The average Bonchev–Trinajstić information content (AvgIpc) is 3.11. The molecule has 1 aromatic heterocycles. The lowest BCUT2D eigenvalue weighted by molar-refractivity contribution is 0.101. The van der Waals surface area contributed by atoms with Gasteiger partial charge in [0.1, 0.15) is 0 Å². The van der Waals surface area contributed by atoms with E-state index < -0.39 is 0 Å². The number of para-hydroxylation sites is 1. The third-order valence-electron chi connectivity index (χ3n) is 6.17. The quantitative estimate of drug-likeness (QED) is 0.745. The van der Waals surface area contributed by atoms with Crippen molar-refractivity contribution in [3.8, 4) is 5.69 Å². The Labute approximate surface area is 170 Å². The summed E-state index contributed by atoms with van der Waals surface area (Å²) in [5.74, 6) is -0.205. The summed E-state index contributed by atoms with van der Waals surface area (Å²) in [5, 5.41) is 11.0. The molecular formula is C23H25N5O. The van der Waals surface area contributed by atoms with Crippen LogP contribution in [0, 0.1) is 0 Å². The number of fused-ring (bicyclic) bond motifs is 1. The Morgan fingerprint density at radius 3 is 2.55 bits per heavy atom. The Bertz CT molecular complexity index is 1010. The molecule has 0 unspecified atom stereocenters. The molecule has 1 fully saturated rings. The highest BCUT2D eigenvalue weighted by atomic mass is 16.2. The lowest BCUT2D eigenvalue weighted by atomic mass is 9.91. The van der Waals surface area contributed by atoms with E-state index in [-0.39, 0.29) is 5.91 Å². The van der Waals surface area contributed by atoms with E-state index in [4.69, 9.17) is 0 Å². The molecule has 1 N–H and O–H groups in total. The molecule has 148 valence electrons. The maximum atomic E-state index is 12.9. The number of nitrogens with one attached hydrogen (secondary N) is 1. The predicted molar refractivity (Wildman–Crippen MR) is 112 cm³/mol. The fourth-order valence-electron chi connectivity index (χ4n) is 4.28. The van der Waals surface area contributed by atoms with Crippen LogP contribution in [0.15, 0.2) is 54.7 Å². The summed E-state index contributed by atoms with van der Waals surface area (Å²) in [7, 11) is 0. The van der Waals surface area contributed by atoms with Crippen molar-refractivity contribution in [1.29, 1.82) is 0 Å². The van der Waals surface area contributed by atoms with E-state index in [2.05, 4.69) is 32.7 Å². The van der Waals surface area contributed by atoms with Gasteiger partial charge in [0.2, 0.25) is 0 Å². The van der Waals surface area contributed by atoms with E-state index in [1.54, 1.807) is 4.68 Å². The summed E-state index contributed by atoms with van der Waals surface area (Å²) < 4.78 is 1.56. The first-order chi connectivity index (χ1) is 14.3. The van der Waals surface area contributed by atoms with Crippen LogP contribution in [0.5, 0.6) is 0 Å². The number of hydrogen-bond donors (Lipinski definition) is 1. The molecule has 1 amide bonds. The van der Waals surface area contributed by atoms with Gasteiger partial charge in [-0.3, -0.25) is 9.69 Å². The average molecular weight is 387 g/mol. The molecule has 6 heteroatoms. The van der Waals surface area contributed by atoms with E-state index >= 15 is 0 Å². The number of nitrogens with zero attached hydrogens (tertiary/aromatic N) is 4. The topological polar surface area (TPSA) is 63.1 Å². The molecule has 2 aliphatic rings. The molecule has 5 rings (SSSR count). The summed E-state index contributed by atoms with van der Waals surface area (Å²) in [4.78, 5) is 15.5. The van der Waals surface area contributed by atoms with Crippen molar-refractivity contribution in [3.63, 3.8) is 0 Å². The molecule has 6 nitrogen and oxygen atoms in total. The van der Waals surface area contributed by atoms with Crippen molar-refractivity contribution in [2.24, 2.45) is 0 Å². The van der Waals surface area contributed by atoms with Crippen LogP contribution in [-0.4, -0.2) is 44.9 Å². The summed E-state index contributed by atoms with van der Waals surface area (Å²) in [6, 6.07) is 16.7. The van der Waals surface area contributed by atoms with Gasteiger partial charge in [0, 0.05) is 24.8 Å². The van der Waals surface area contributed by atoms with Gasteiger partial charge in [-0.25, -0.2) is 4.68 Å². The van der Waals surface area contributed by atoms with Crippen LogP contribution in [0.4, 0.5) is 5.69 Å². The summed E-state index contributed by atoms with van der Waals surface area (Å²) >= 11 is 0. The lowest BCUT2D eigenvalue weighted by Crippen LogP contribution is -2.41. The smallest absolute Gasteiger partial charge is 0.276 e. The van der Waals surface area contributed by atoms with E-state index in [0.717, 1.165) is 43.3 Å². The van der Waals surface area contributed by atoms with Gasteiger partial charge >= 0.3 is 0 Å². The second kappa shape index (κ2) is 7.79. The number of carbonyl (C=O) groups excluding carboxylic acids is 1. The highest BCUT2D eigenvalue weighted by Crippen LogP contribution is 2.28. The Morgan fingerprint density at radius 2 is 1.79 bits per heavy atom. The fraction of sp³-hybridized carbons (Fsp3) is 0.348. The minimum absolute atomic E-state index is 0.205. The Morgan fingerprint density at radius 1 is 1.00 bits per heavy atom. The Hall–Kier alpha value is -2.99. The zero-order valence-corrected chi connectivity index (χ0v) is 16.4. The molecule has 1 saturated carbocycles. The van der Waals surface area contributed by atoms with E-state index in [9.17, 15) is 4.79 Å². The normalized spacial score (nSPS) is 17.2. The molecular weight excluding hydrogens is 362 g/mol. The molecule has 29 heavy (non-hydrogen) atoms. The van der Waals surface area contributed by atoms with Crippen molar-refractivity contribution in [3.05, 3.63) is 71.5 Å². The van der Waals surface area contributed by atoms with Gasteiger partial charge in [0.15, 0.2) is 5.69 Å². The van der Waals surface area contributed by atoms with E-state index in [1.807, 2.05) is 36.4 Å². The maximum absolute atomic E-state index is 12.9. The number of anilines is 1. The molecule has 0 bridgehead atoms. The Balaban J connectivity index is 1.32. The van der Waals surface area contributed by atoms with Gasteiger partial charge in [-0.2, -0.15) is 0 Å². The van der Waals surface area contributed by atoms with Gasteiger partial charge in [-0.1, -0.05) is 35.9 Å². The molecule has 1 aliphatic carbocycles. The summed E-state index contributed by atoms with van der Waals surface area (Å²) in [6.07, 6.45) is 7.70. The molecule has 0 spiro atoms. The SMILES string of the molecule is O=C(Nc1ccc2c(c1)CCN(C1CCC1)CC2)c1cnnn1-c1ccccc1. The van der Waals surface area contributed by atoms with Crippen LogP contribution >= 0.6 is 0 Å². The zero-order chi connectivity index (χ0) is 19.6. The van der Waals surface area contributed by atoms with Crippen LogP contribution in [0.25, 0.3) is 5.69 Å². The lowest BCUT2D eigenvalue weighted by Gasteiger charge is -2.36. The second-order valence-corrected chi connectivity index (χ2v) is 7.92. The molecule has 0 radical (unpaired) electrons. The highest BCUT2D eigenvalue weighted by Gasteiger charge is 2.26. The Kier molecular flexibility index (Phi) is 4.86. The number of carbonyl (C=O) groups is 1. The molecule has 0 saturated heterocycles. The van der Waals surface area contributed by atoms with Crippen molar-refractivity contribution < 1.29 is 4.79 Å². The zero-order valence-electron chi connectivity index (χ0n) is 16.4. The summed E-state index contributed by atoms with van der Waals surface area (Å²) in [6.45, 7) is 2.26. The van der Waals surface area contributed by atoms with Gasteiger partial charge < -0.3 is 5.32 Å². The van der Waals surface area contributed by atoms with Gasteiger partial charge in [-0.15, -0.1) is 5.10 Å². The van der Waals surface area contributed by atoms with Crippen molar-refractivity contribution in [2.75, 3.05) is 18.4 Å². The van der Waals surface area contributed by atoms with Gasteiger partial charge in [0.05, 0.1) is 11.9 Å². The second-order valence-electron chi connectivity index (χ2n) is 7.92. The third-order valence-corrected chi connectivity index (χ3v) is 6.17. The summed E-state index contributed by atoms with van der Waals surface area (Å²) in [5.41, 5.74) is 4.81. The standard InChI is InChI=1S/C23H25N5O/c29-23(22-16-24-26-28(22)21-5-2-1-3-6-21)25-19-10-9-17-11-13-27(20-7-4-8-20)14-12-18(17)15-19/h1-3,5-6,9-10,15-16,20H,4,7-8,11-14H2,(H,25,29). The molecule has 0 atom stereocenters. The minimum Gasteiger partial charge on any atom is -0.321 e. The largest absolute Gasteiger partial charge is 0.321 e. The van der Waals surface area contributed by atoms with Crippen LogP contribution in [0.1, 0.15) is 40.9 Å². The minimum atomic E-state index is -0.205.